The molecule has 1 spiro atoms. The van der Waals surface area contributed by atoms with E-state index in [4.69, 9.17) is 9.26 Å². The number of hydrogen-bond acceptors (Lipinski definition) is 6. The molecule has 1 aromatic carbocycles. The lowest BCUT2D eigenvalue weighted by Gasteiger charge is -2.56. The maximum absolute atomic E-state index is 12.1. The van der Waals surface area contributed by atoms with Gasteiger partial charge in [0.2, 0.25) is 0 Å². The highest BCUT2D eigenvalue weighted by molar-refractivity contribution is 7.47. The number of hydrogen-bond donors (Lipinski definition) is 2. The second kappa shape index (κ2) is 6.07. The summed E-state index contributed by atoms with van der Waals surface area (Å²) in [4.78, 5) is 12.3. The molecule has 2 heterocycles. The van der Waals surface area contributed by atoms with Crippen LogP contribution in [0.15, 0.2) is 18.2 Å². The number of phosphoric ester groups is 1. The number of ether oxygens (including phenoxy) is 1. The Balaban J connectivity index is 1.77. The first kappa shape index (κ1) is 18.6. The Morgan fingerprint density at radius 1 is 1.43 bits per heavy atom. The van der Waals surface area contributed by atoms with E-state index >= 15 is 0 Å². The van der Waals surface area contributed by atoms with Gasteiger partial charge in [-0.15, -0.1) is 0 Å². The van der Waals surface area contributed by atoms with E-state index in [1.54, 1.807) is 6.07 Å². The van der Waals surface area contributed by atoms with E-state index in [1.807, 2.05) is 6.08 Å². The Bertz CT molecular complexity index is 916. The lowest BCUT2D eigenvalue weighted by Crippen LogP contribution is -2.64. The molecule has 6 atom stereocenters. The standard InChI is InChI=1S/C20H26NO6P/c1-4-11-9-16(27-28(23,24)25-3)18-17-12(11)10-14-13-5-6-15(22)19(26-18)20(13,17)7-8-21(14)2/h5-6,9,13-15,19,22H,4,7-8,10H2,1-3H3,(H,23,24)/t13-,14+,15-,19-,20-/m0/s1. The van der Waals surface area contributed by atoms with Crippen molar-refractivity contribution in [2.45, 2.75) is 49.9 Å². The molecule has 2 bridgehead atoms. The third-order valence-corrected chi connectivity index (χ3v) is 8.07. The van der Waals surface area contributed by atoms with Gasteiger partial charge in [-0.2, -0.15) is 0 Å². The third kappa shape index (κ3) is 2.28. The van der Waals surface area contributed by atoms with Crippen LogP contribution in [0.5, 0.6) is 11.5 Å². The zero-order valence-electron chi connectivity index (χ0n) is 16.3. The fraction of sp³-hybridized carbons (Fsp3) is 0.600. The van der Waals surface area contributed by atoms with E-state index in [0.717, 1.165) is 44.0 Å². The number of piperidine rings is 1. The summed E-state index contributed by atoms with van der Waals surface area (Å²) in [6, 6.07) is 2.15. The van der Waals surface area contributed by atoms with Crippen LogP contribution in [-0.2, 0) is 27.3 Å². The molecule has 0 amide bonds. The highest BCUT2D eigenvalue weighted by Crippen LogP contribution is 2.64. The number of nitrogens with zero attached hydrogens (tertiary/aromatic N) is 1. The van der Waals surface area contributed by atoms with Crippen LogP contribution in [0.3, 0.4) is 0 Å². The van der Waals surface area contributed by atoms with Crippen molar-refractivity contribution in [3.8, 4) is 11.5 Å². The second-order valence-corrected chi connectivity index (χ2v) is 9.78. The lowest BCUT2D eigenvalue weighted by atomic mass is 9.53. The summed E-state index contributed by atoms with van der Waals surface area (Å²) in [5.74, 6) is 0.964. The Morgan fingerprint density at radius 3 is 2.93 bits per heavy atom. The van der Waals surface area contributed by atoms with Gasteiger partial charge in [0.1, 0.15) is 12.2 Å². The Kier molecular flexibility index (Phi) is 4.04. The number of likely N-dealkylation sites (N-methyl/N-ethyl adjacent to an activating group) is 1. The number of aryl methyl sites for hydroxylation is 1. The van der Waals surface area contributed by atoms with Gasteiger partial charge in [0.05, 0.1) is 0 Å². The molecule has 7 nitrogen and oxygen atoms in total. The van der Waals surface area contributed by atoms with E-state index < -0.39 is 20.0 Å². The van der Waals surface area contributed by atoms with E-state index in [0.29, 0.717) is 11.8 Å². The van der Waals surface area contributed by atoms with E-state index in [9.17, 15) is 14.6 Å². The lowest BCUT2D eigenvalue weighted by molar-refractivity contribution is -0.0453. The number of aliphatic hydroxyl groups excluding tert-OH is 1. The molecule has 2 aliphatic heterocycles. The summed E-state index contributed by atoms with van der Waals surface area (Å²) in [5.41, 5.74) is 3.08. The molecule has 0 aromatic heterocycles. The maximum atomic E-state index is 12.1. The van der Waals surface area contributed by atoms with Gasteiger partial charge < -0.3 is 19.3 Å². The normalized spacial score (nSPS) is 37.2. The molecule has 2 aliphatic carbocycles. The van der Waals surface area contributed by atoms with Crippen LogP contribution in [0.25, 0.3) is 0 Å². The van der Waals surface area contributed by atoms with Crippen LogP contribution in [0.2, 0.25) is 0 Å². The molecule has 1 fully saturated rings. The molecule has 4 aliphatic rings. The molecular formula is C20H26NO6P. The molecule has 0 radical (unpaired) electrons. The van der Waals surface area contributed by atoms with Crippen LogP contribution < -0.4 is 9.26 Å². The summed E-state index contributed by atoms with van der Waals surface area (Å²) in [5, 5.41) is 10.8. The van der Waals surface area contributed by atoms with Crippen molar-refractivity contribution in [2.24, 2.45) is 5.92 Å². The van der Waals surface area contributed by atoms with E-state index in [1.165, 1.54) is 5.56 Å². The highest BCUT2D eigenvalue weighted by atomic mass is 31.2. The van der Waals surface area contributed by atoms with Crippen molar-refractivity contribution < 1.29 is 28.3 Å². The minimum atomic E-state index is -4.23. The molecule has 152 valence electrons. The SMILES string of the molecule is CCc1cc(OP(=O)(O)OC)c2c3c1C[C@@H]1[C@@H]4C=C[C@H](O)[C@H](O2)[C@]34CCN1C. The number of phosphoric acid groups is 1. The van der Waals surface area contributed by atoms with Crippen molar-refractivity contribution >= 4 is 7.82 Å². The van der Waals surface area contributed by atoms with Crippen LogP contribution in [0.4, 0.5) is 0 Å². The van der Waals surface area contributed by atoms with Gasteiger partial charge in [-0.05, 0) is 50.0 Å². The summed E-state index contributed by atoms with van der Waals surface area (Å²) >= 11 is 0. The second-order valence-electron chi connectivity index (χ2n) is 8.29. The average Bonchev–Trinajstić information content (AvgIpc) is 3.02. The summed E-state index contributed by atoms with van der Waals surface area (Å²) in [6.07, 6.45) is 5.39. The van der Waals surface area contributed by atoms with Gasteiger partial charge in [-0.1, -0.05) is 19.1 Å². The van der Waals surface area contributed by atoms with Crippen LogP contribution in [0, 0.1) is 5.92 Å². The monoisotopic (exact) mass is 407 g/mol. The molecule has 8 heteroatoms. The van der Waals surface area contributed by atoms with Crippen molar-refractivity contribution in [2.75, 3.05) is 20.7 Å². The first-order valence-corrected chi connectivity index (χ1v) is 11.3. The van der Waals surface area contributed by atoms with Gasteiger partial charge in [0.15, 0.2) is 11.5 Å². The quantitative estimate of drug-likeness (QED) is 0.584. The zero-order valence-corrected chi connectivity index (χ0v) is 17.2. The van der Waals surface area contributed by atoms with E-state index in [2.05, 4.69) is 29.5 Å². The minimum absolute atomic E-state index is 0.232. The average molecular weight is 407 g/mol. The molecule has 1 aromatic rings. The first-order valence-electron chi connectivity index (χ1n) is 9.83. The largest absolute Gasteiger partial charge is 0.527 e. The molecule has 1 saturated heterocycles. The van der Waals surface area contributed by atoms with Gasteiger partial charge >= 0.3 is 7.82 Å². The maximum Gasteiger partial charge on any atom is 0.527 e. The fourth-order valence-corrected chi connectivity index (χ4v) is 6.39. The van der Waals surface area contributed by atoms with Crippen molar-refractivity contribution in [1.82, 2.24) is 4.90 Å². The van der Waals surface area contributed by atoms with Crippen LogP contribution >= 0.6 is 7.82 Å². The highest BCUT2D eigenvalue weighted by Gasteiger charge is 2.64. The number of aliphatic hydroxyl groups is 1. The summed E-state index contributed by atoms with van der Waals surface area (Å²) < 4.78 is 28.5. The Hall–Kier alpha value is -1.37. The van der Waals surface area contributed by atoms with Gasteiger partial charge in [-0.3, -0.25) is 9.42 Å². The molecular weight excluding hydrogens is 381 g/mol. The molecule has 28 heavy (non-hydrogen) atoms. The van der Waals surface area contributed by atoms with Crippen molar-refractivity contribution in [1.29, 1.82) is 0 Å². The Morgan fingerprint density at radius 2 is 2.21 bits per heavy atom. The third-order valence-electron chi connectivity index (χ3n) is 7.18. The molecule has 0 saturated carbocycles. The zero-order chi connectivity index (χ0) is 19.8. The molecule has 1 unspecified atom stereocenters. The van der Waals surface area contributed by atoms with Crippen LogP contribution in [-0.4, -0.2) is 53.9 Å². The Labute approximate surface area is 164 Å². The topological polar surface area (TPSA) is 88.5 Å². The number of likely N-dealkylation sites (tertiary alicyclic amines) is 1. The van der Waals surface area contributed by atoms with E-state index in [-0.39, 0.29) is 17.1 Å². The number of benzene rings is 1. The minimum Gasteiger partial charge on any atom is -0.482 e. The predicted octanol–water partition coefficient (Wildman–Crippen LogP) is 2.18. The summed E-state index contributed by atoms with van der Waals surface area (Å²) in [7, 11) is -0.925. The van der Waals surface area contributed by atoms with Crippen LogP contribution in [0.1, 0.15) is 30.0 Å². The fourth-order valence-electron chi connectivity index (χ4n) is 5.93. The van der Waals surface area contributed by atoms with Crippen molar-refractivity contribution in [3.63, 3.8) is 0 Å². The predicted molar refractivity (Wildman–Crippen MR) is 103 cm³/mol. The van der Waals surface area contributed by atoms with Gasteiger partial charge in [-0.25, -0.2) is 4.57 Å². The summed E-state index contributed by atoms with van der Waals surface area (Å²) in [6.45, 7) is 2.99. The van der Waals surface area contributed by atoms with Gasteiger partial charge in [0.25, 0.3) is 0 Å². The smallest absolute Gasteiger partial charge is 0.482 e. The number of rotatable bonds is 4. The molecule has 2 N–H and O–H groups in total. The first-order chi connectivity index (χ1) is 13.3. The van der Waals surface area contributed by atoms with Gasteiger partial charge in [0, 0.05) is 30.0 Å². The molecule has 5 rings (SSSR count). The van der Waals surface area contributed by atoms with Crippen molar-refractivity contribution in [3.05, 3.63) is 34.9 Å².